The summed E-state index contributed by atoms with van der Waals surface area (Å²) in [5, 5.41) is 11.9. The summed E-state index contributed by atoms with van der Waals surface area (Å²) >= 11 is 3.59. The van der Waals surface area contributed by atoms with Gasteiger partial charge in [0.2, 0.25) is 5.67 Å². The van der Waals surface area contributed by atoms with Crippen molar-refractivity contribution in [3.8, 4) is 0 Å². The van der Waals surface area contributed by atoms with E-state index >= 15 is 0 Å². The number of hydrogen-bond donors (Lipinski definition) is 2. The maximum Gasteiger partial charge on any atom is 0.341 e. The number of piperidine rings is 1. The number of halogens is 2. The van der Waals surface area contributed by atoms with Crippen LogP contribution in [0.3, 0.4) is 0 Å². The number of benzene rings is 1. The SMILES string of the molecule is CC[C@@H]1CCCN1Cc1cc(NC(=O)c2ccc(N3CCC(F)(C(=O)O)CC3)cc2)ncc1Br. The van der Waals surface area contributed by atoms with Gasteiger partial charge in [0.15, 0.2) is 0 Å². The molecule has 0 spiro atoms. The van der Waals surface area contributed by atoms with Gasteiger partial charge in [0.05, 0.1) is 0 Å². The van der Waals surface area contributed by atoms with Gasteiger partial charge in [0.25, 0.3) is 5.91 Å². The first-order chi connectivity index (χ1) is 16.3. The molecule has 1 amide bonds. The molecule has 2 aliphatic heterocycles. The smallest absolute Gasteiger partial charge is 0.341 e. The average Bonchev–Trinajstić information content (AvgIpc) is 3.29. The number of aliphatic carboxylic acids is 1. The Kier molecular flexibility index (Phi) is 7.52. The molecule has 4 rings (SSSR count). The fourth-order valence-electron chi connectivity index (χ4n) is 4.80. The number of carboxylic acids is 1. The van der Waals surface area contributed by atoms with Gasteiger partial charge in [0.1, 0.15) is 5.82 Å². The summed E-state index contributed by atoms with van der Waals surface area (Å²) in [5.74, 6) is -1.15. The summed E-state index contributed by atoms with van der Waals surface area (Å²) in [6.07, 6.45) is 5.19. The van der Waals surface area contributed by atoms with Crippen LogP contribution in [-0.4, -0.2) is 58.2 Å². The Labute approximate surface area is 207 Å². The normalized spacial score (nSPS) is 20.3. The van der Waals surface area contributed by atoms with E-state index in [1.165, 1.54) is 12.8 Å². The van der Waals surface area contributed by atoms with E-state index in [0.29, 0.717) is 30.5 Å². The highest BCUT2D eigenvalue weighted by Crippen LogP contribution is 2.30. The van der Waals surface area contributed by atoms with Gasteiger partial charge in [-0.3, -0.25) is 9.69 Å². The van der Waals surface area contributed by atoms with E-state index in [9.17, 15) is 14.0 Å². The van der Waals surface area contributed by atoms with Crippen LogP contribution < -0.4 is 10.2 Å². The van der Waals surface area contributed by atoms with Crippen molar-refractivity contribution in [2.24, 2.45) is 0 Å². The zero-order valence-electron chi connectivity index (χ0n) is 19.3. The predicted octanol–water partition coefficient (Wildman–Crippen LogP) is 4.86. The van der Waals surface area contributed by atoms with E-state index in [4.69, 9.17) is 5.11 Å². The van der Waals surface area contributed by atoms with Crippen LogP contribution in [0, 0.1) is 0 Å². The molecule has 34 heavy (non-hydrogen) atoms. The zero-order valence-corrected chi connectivity index (χ0v) is 20.9. The van der Waals surface area contributed by atoms with Crippen molar-refractivity contribution >= 4 is 39.3 Å². The molecule has 2 aliphatic rings. The molecule has 1 aromatic carbocycles. The highest BCUT2D eigenvalue weighted by molar-refractivity contribution is 9.10. The Morgan fingerprint density at radius 2 is 1.94 bits per heavy atom. The fourth-order valence-corrected chi connectivity index (χ4v) is 5.14. The number of carboxylic acid groups (broad SMARTS) is 1. The summed E-state index contributed by atoms with van der Waals surface area (Å²) in [4.78, 5) is 32.7. The fraction of sp³-hybridized carbons (Fsp3) is 0.480. The lowest BCUT2D eigenvalue weighted by molar-refractivity contribution is -0.152. The monoisotopic (exact) mass is 532 g/mol. The van der Waals surface area contributed by atoms with Gasteiger partial charge in [-0.05, 0) is 77.6 Å². The second-order valence-electron chi connectivity index (χ2n) is 9.09. The van der Waals surface area contributed by atoms with Crippen molar-refractivity contribution in [2.45, 2.75) is 57.3 Å². The minimum atomic E-state index is -2.15. The Hall–Kier alpha value is -2.52. The molecule has 0 bridgehead atoms. The molecule has 9 heteroatoms. The van der Waals surface area contributed by atoms with Crippen LogP contribution in [0.4, 0.5) is 15.9 Å². The number of alkyl halides is 1. The summed E-state index contributed by atoms with van der Waals surface area (Å²) in [6, 6.07) is 9.56. The van der Waals surface area contributed by atoms with Gasteiger partial charge in [-0.2, -0.15) is 0 Å². The molecule has 0 radical (unpaired) electrons. The second-order valence-corrected chi connectivity index (χ2v) is 9.95. The number of aromatic nitrogens is 1. The first-order valence-electron chi connectivity index (χ1n) is 11.8. The quantitative estimate of drug-likeness (QED) is 0.529. The molecule has 0 saturated carbocycles. The lowest BCUT2D eigenvalue weighted by Gasteiger charge is -2.35. The maximum absolute atomic E-state index is 14.3. The predicted molar refractivity (Wildman–Crippen MR) is 133 cm³/mol. The lowest BCUT2D eigenvalue weighted by Crippen LogP contribution is -2.46. The first kappa shape index (κ1) is 24.6. The van der Waals surface area contributed by atoms with Gasteiger partial charge in [-0.1, -0.05) is 6.92 Å². The highest BCUT2D eigenvalue weighted by atomic mass is 79.9. The molecule has 0 unspecified atom stereocenters. The van der Waals surface area contributed by atoms with Crippen molar-refractivity contribution in [1.82, 2.24) is 9.88 Å². The van der Waals surface area contributed by atoms with Crippen molar-refractivity contribution in [1.29, 1.82) is 0 Å². The van der Waals surface area contributed by atoms with E-state index in [0.717, 1.165) is 35.2 Å². The van der Waals surface area contributed by atoms with Crippen LogP contribution in [-0.2, 0) is 11.3 Å². The second kappa shape index (κ2) is 10.4. The number of anilines is 2. The highest BCUT2D eigenvalue weighted by Gasteiger charge is 2.41. The zero-order chi connectivity index (χ0) is 24.3. The third kappa shape index (κ3) is 5.41. The summed E-state index contributed by atoms with van der Waals surface area (Å²) in [7, 11) is 0. The number of carbonyl (C=O) groups excluding carboxylic acids is 1. The first-order valence-corrected chi connectivity index (χ1v) is 12.6. The van der Waals surface area contributed by atoms with Gasteiger partial charge < -0.3 is 15.3 Å². The Morgan fingerprint density at radius 3 is 2.59 bits per heavy atom. The van der Waals surface area contributed by atoms with Crippen molar-refractivity contribution in [3.05, 3.63) is 52.1 Å². The molecule has 3 heterocycles. The van der Waals surface area contributed by atoms with Crippen LogP contribution in [0.1, 0.15) is 54.9 Å². The van der Waals surface area contributed by atoms with Crippen molar-refractivity contribution in [3.63, 3.8) is 0 Å². The van der Waals surface area contributed by atoms with Crippen LogP contribution in [0.25, 0.3) is 0 Å². The number of likely N-dealkylation sites (tertiary alicyclic amines) is 1. The van der Waals surface area contributed by atoms with Gasteiger partial charge in [-0.25, -0.2) is 14.2 Å². The molecule has 1 atom stereocenters. The van der Waals surface area contributed by atoms with Gasteiger partial charge in [-0.15, -0.1) is 0 Å². The van der Waals surface area contributed by atoms with Crippen LogP contribution >= 0.6 is 15.9 Å². The maximum atomic E-state index is 14.3. The van der Waals surface area contributed by atoms with Gasteiger partial charge in [0, 0.05) is 60.4 Å². The third-order valence-electron chi connectivity index (χ3n) is 6.95. The van der Waals surface area contributed by atoms with Crippen LogP contribution in [0.5, 0.6) is 0 Å². The number of hydrogen-bond acceptors (Lipinski definition) is 5. The average molecular weight is 533 g/mol. The number of rotatable bonds is 7. The molecule has 2 aromatic rings. The van der Waals surface area contributed by atoms with Crippen LogP contribution in [0.15, 0.2) is 41.0 Å². The molecular weight excluding hydrogens is 503 g/mol. The number of carbonyl (C=O) groups is 2. The molecule has 2 saturated heterocycles. The van der Waals surface area contributed by atoms with Crippen LogP contribution in [0.2, 0.25) is 0 Å². The topological polar surface area (TPSA) is 85.8 Å². The Bertz CT molecular complexity index is 1040. The molecular formula is C25H30BrFN4O3. The summed E-state index contributed by atoms with van der Waals surface area (Å²) in [6.45, 7) is 4.75. The van der Waals surface area contributed by atoms with Gasteiger partial charge >= 0.3 is 5.97 Å². The van der Waals surface area contributed by atoms with E-state index in [-0.39, 0.29) is 18.7 Å². The third-order valence-corrected chi connectivity index (χ3v) is 7.67. The molecule has 2 fully saturated rings. The number of nitrogens with zero attached hydrogens (tertiary/aromatic N) is 3. The van der Waals surface area contributed by atoms with Crippen molar-refractivity contribution < 1.29 is 19.1 Å². The Morgan fingerprint density at radius 1 is 1.24 bits per heavy atom. The van der Waals surface area contributed by atoms with Crippen molar-refractivity contribution in [2.75, 3.05) is 29.9 Å². The summed E-state index contributed by atoms with van der Waals surface area (Å²) in [5.41, 5.74) is 0.266. The number of amides is 1. The minimum absolute atomic E-state index is 0.0570. The minimum Gasteiger partial charge on any atom is -0.479 e. The summed E-state index contributed by atoms with van der Waals surface area (Å²) < 4.78 is 15.2. The lowest BCUT2D eigenvalue weighted by atomic mass is 9.93. The molecule has 7 nitrogen and oxygen atoms in total. The van der Waals surface area contributed by atoms with E-state index in [2.05, 4.69) is 38.1 Å². The van der Waals surface area contributed by atoms with E-state index in [1.807, 2.05) is 11.0 Å². The Balaban J connectivity index is 1.38. The van der Waals surface area contributed by atoms with E-state index in [1.54, 1.807) is 30.5 Å². The molecule has 1 aromatic heterocycles. The number of pyridine rings is 1. The molecule has 182 valence electrons. The van der Waals surface area contributed by atoms with E-state index < -0.39 is 11.6 Å². The largest absolute Gasteiger partial charge is 0.479 e. The standard InChI is InChI=1S/C25H30BrFN4O3/c1-2-19-4-3-11-31(19)16-18-14-22(28-15-21(18)26)29-23(32)17-5-7-20(8-6-17)30-12-9-25(27,10-13-30)24(33)34/h5-8,14-15,19H,2-4,9-13,16H2,1H3,(H,33,34)(H,28,29,32)/t19-/m1/s1. The molecule has 0 aliphatic carbocycles. The molecule has 2 N–H and O–H groups in total. The number of nitrogens with one attached hydrogen (secondary N) is 1.